The van der Waals surface area contributed by atoms with Crippen LogP contribution < -0.4 is 0 Å². The molecule has 1 aliphatic rings. The van der Waals surface area contributed by atoms with Crippen LogP contribution in [0.4, 0.5) is 0 Å². The van der Waals surface area contributed by atoms with E-state index in [0.717, 1.165) is 0 Å². The molecule has 0 spiro atoms. The fourth-order valence-corrected chi connectivity index (χ4v) is 3.08. The number of hydrogen-bond donors (Lipinski definition) is 2. The molecule has 0 atom stereocenters. The van der Waals surface area contributed by atoms with E-state index in [-0.39, 0.29) is 43.3 Å². The van der Waals surface area contributed by atoms with Crippen molar-refractivity contribution in [3.63, 3.8) is 0 Å². The summed E-state index contributed by atoms with van der Waals surface area (Å²) in [7, 11) is 0. The van der Waals surface area contributed by atoms with Crippen LogP contribution in [0, 0.1) is 0 Å². The monoisotopic (exact) mass is 422 g/mol. The lowest BCUT2D eigenvalue weighted by molar-refractivity contribution is 0.0444. The second-order valence-corrected chi connectivity index (χ2v) is 6.01. The summed E-state index contributed by atoms with van der Waals surface area (Å²) in [5.74, 6) is -1.62. The first-order chi connectivity index (χ1) is 11.6. The van der Waals surface area contributed by atoms with Crippen LogP contribution in [0.2, 0.25) is 15.1 Å². The van der Waals surface area contributed by atoms with E-state index in [1.807, 2.05) is 0 Å². The fourth-order valence-electron chi connectivity index (χ4n) is 1.86. The lowest BCUT2D eigenvalue weighted by Crippen LogP contribution is -2.02. The van der Waals surface area contributed by atoms with Crippen molar-refractivity contribution in [3.05, 3.63) is 56.0 Å². The molecule has 0 saturated heterocycles. The van der Waals surface area contributed by atoms with Gasteiger partial charge in [-0.05, 0) is 35.9 Å². The lowest BCUT2D eigenvalue weighted by Gasteiger charge is -2.07. The van der Waals surface area contributed by atoms with E-state index in [1.54, 1.807) is 0 Å². The third-order valence-electron chi connectivity index (χ3n) is 2.96. The highest BCUT2D eigenvalue weighted by atomic mass is 35.5. The van der Waals surface area contributed by atoms with E-state index in [4.69, 9.17) is 56.6 Å². The van der Waals surface area contributed by atoms with Crippen molar-refractivity contribution in [1.82, 2.24) is 0 Å². The molecule has 0 saturated carbocycles. The highest BCUT2D eigenvalue weighted by Gasteiger charge is 2.38. The van der Waals surface area contributed by atoms with Gasteiger partial charge in [0.1, 0.15) is 11.5 Å². The number of fused-ring (bicyclic) bond motifs is 1. The summed E-state index contributed by atoms with van der Waals surface area (Å²) >= 11 is 22.6. The van der Waals surface area contributed by atoms with Crippen molar-refractivity contribution in [2.75, 3.05) is 0 Å². The van der Waals surface area contributed by atoms with Crippen molar-refractivity contribution >= 4 is 63.6 Å². The maximum atomic E-state index is 11.4. The highest BCUT2D eigenvalue weighted by molar-refractivity contribution is 6.70. The standard InChI is InChI=1S/C9Cl4O4.C6H6O2/c10-4-1-2(9(16)17-8(1)15)5(11)6(12)3(4)7(13)14;7-5-1-2-6(8)4-3-5/h;1-4,7-8H. The zero-order valence-corrected chi connectivity index (χ0v) is 14.9. The molecule has 1 aliphatic heterocycles. The van der Waals surface area contributed by atoms with Crippen LogP contribution >= 0.6 is 46.4 Å². The van der Waals surface area contributed by atoms with Crippen LogP contribution in [-0.4, -0.2) is 27.4 Å². The van der Waals surface area contributed by atoms with Crippen LogP contribution in [-0.2, 0) is 4.74 Å². The summed E-state index contributed by atoms with van der Waals surface area (Å²) < 4.78 is 4.32. The molecule has 130 valence electrons. The normalized spacial score (nSPS) is 12.2. The number of ether oxygens (including phenoxy) is 1. The first kappa shape index (κ1) is 19.3. The molecule has 2 N–H and O–H groups in total. The van der Waals surface area contributed by atoms with Crippen molar-refractivity contribution in [2.24, 2.45) is 0 Å². The molecule has 3 rings (SSSR count). The van der Waals surface area contributed by atoms with E-state index >= 15 is 0 Å². The number of halogens is 4. The van der Waals surface area contributed by atoms with Crippen LogP contribution in [0.1, 0.15) is 31.1 Å². The van der Waals surface area contributed by atoms with Crippen molar-refractivity contribution in [1.29, 1.82) is 0 Å². The average molecular weight is 424 g/mol. The van der Waals surface area contributed by atoms with Crippen molar-refractivity contribution in [3.8, 4) is 11.5 Å². The van der Waals surface area contributed by atoms with Crippen molar-refractivity contribution < 1.29 is 29.3 Å². The van der Waals surface area contributed by atoms with Gasteiger partial charge in [-0.15, -0.1) is 0 Å². The van der Waals surface area contributed by atoms with E-state index in [0.29, 0.717) is 0 Å². The number of carbonyl (C=O) groups is 3. The number of phenols is 2. The summed E-state index contributed by atoms with van der Waals surface area (Å²) in [6.07, 6.45) is 0. The van der Waals surface area contributed by atoms with Gasteiger partial charge in [-0.2, -0.15) is 0 Å². The molecule has 0 bridgehead atoms. The van der Waals surface area contributed by atoms with Gasteiger partial charge in [0.05, 0.1) is 31.8 Å². The van der Waals surface area contributed by atoms with Gasteiger partial charge < -0.3 is 14.9 Å². The minimum Gasteiger partial charge on any atom is -0.508 e. The third kappa shape index (κ3) is 3.82. The second kappa shape index (κ2) is 7.49. The summed E-state index contributed by atoms with van der Waals surface area (Å²) in [6.45, 7) is 0. The SMILES string of the molecule is O=C(Cl)c1c(Cl)c(Cl)c2c(c1Cl)C(=O)OC2=O.Oc1ccc(O)cc1. The third-order valence-corrected chi connectivity index (χ3v) is 4.38. The molecule has 0 aliphatic carbocycles. The number of rotatable bonds is 1. The maximum Gasteiger partial charge on any atom is 0.348 e. The molecule has 0 aromatic heterocycles. The predicted molar refractivity (Wildman–Crippen MR) is 91.2 cm³/mol. The summed E-state index contributed by atoms with van der Waals surface area (Å²) in [5, 5.41) is 15.4. The Morgan fingerprint density at radius 3 is 1.60 bits per heavy atom. The van der Waals surface area contributed by atoms with Gasteiger partial charge in [-0.3, -0.25) is 4.79 Å². The van der Waals surface area contributed by atoms with Gasteiger partial charge in [0.2, 0.25) is 0 Å². The number of phenolic OH excluding ortho intramolecular Hbond substituents is 2. The summed E-state index contributed by atoms with van der Waals surface area (Å²) in [6, 6.07) is 5.70. The highest BCUT2D eigenvalue weighted by Crippen LogP contribution is 2.42. The zero-order valence-electron chi connectivity index (χ0n) is 11.8. The van der Waals surface area contributed by atoms with E-state index in [2.05, 4.69) is 4.74 Å². The minimum absolute atomic E-state index is 0.169. The van der Waals surface area contributed by atoms with E-state index in [1.165, 1.54) is 24.3 Å². The van der Waals surface area contributed by atoms with Crippen LogP contribution in [0.3, 0.4) is 0 Å². The molecular weight excluding hydrogens is 418 g/mol. The Kier molecular flexibility index (Phi) is 5.80. The Balaban J connectivity index is 0.000000236. The Hall–Kier alpha value is -1.99. The molecule has 2 aromatic rings. The molecule has 0 amide bonds. The number of esters is 2. The first-order valence-electron chi connectivity index (χ1n) is 6.30. The molecule has 0 unspecified atom stereocenters. The van der Waals surface area contributed by atoms with Gasteiger partial charge in [0.25, 0.3) is 5.24 Å². The first-order valence-corrected chi connectivity index (χ1v) is 7.81. The number of benzene rings is 2. The molecular formula is C15H6Cl4O6. The van der Waals surface area contributed by atoms with Crippen molar-refractivity contribution in [2.45, 2.75) is 0 Å². The number of aromatic hydroxyl groups is 2. The van der Waals surface area contributed by atoms with Crippen LogP contribution in [0.15, 0.2) is 24.3 Å². The quantitative estimate of drug-likeness (QED) is 0.231. The molecule has 2 aromatic carbocycles. The Bertz CT molecular complexity index is 871. The zero-order chi connectivity index (χ0) is 18.9. The fraction of sp³-hybridized carbons (Fsp3) is 0. The van der Waals surface area contributed by atoms with Gasteiger partial charge in [-0.25, -0.2) is 9.59 Å². The molecule has 6 nitrogen and oxygen atoms in total. The minimum atomic E-state index is -0.993. The van der Waals surface area contributed by atoms with Gasteiger partial charge >= 0.3 is 11.9 Å². The molecule has 1 heterocycles. The van der Waals surface area contributed by atoms with Crippen LogP contribution in [0.5, 0.6) is 11.5 Å². The van der Waals surface area contributed by atoms with E-state index < -0.39 is 17.2 Å². The average Bonchev–Trinajstić information content (AvgIpc) is 2.83. The van der Waals surface area contributed by atoms with E-state index in [9.17, 15) is 14.4 Å². The Labute approximate surface area is 160 Å². The smallest absolute Gasteiger partial charge is 0.348 e. The lowest BCUT2D eigenvalue weighted by atomic mass is 10.1. The van der Waals surface area contributed by atoms with Gasteiger partial charge in [-0.1, -0.05) is 34.8 Å². The van der Waals surface area contributed by atoms with Gasteiger partial charge in [0.15, 0.2) is 0 Å². The maximum absolute atomic E-state index is 11.4. The largest absolute Gasteiger partial charge is 0.508 e. The molecule has 25 heavy (non-hydrogen) atoms. The summed E-state index contributed by atoms with van der Waals surface area (Å²) in [4.78, 5) is 33.8. The Morgan fingerprint density at radius 2 is 1.20 bits per heavy atom. The number of cyclic esters (lactones) is 2. The molecule has 10 heteroatoms. The van der Waals surface area contributed by atoms with Crippen LogP contribution in [0.25, 0.3) is 0 Å². The molecule has 0 fully saturated rings. The number of carbonyl (C=O) groups excluding carboxylic acids is 3. The molecule has 0 radical (unpaired) electrons. The van der Waals surface area contributed by atoms with Gasteiger partial charge in [0, 0.05) is 0 Å². The second-order valence-electron chi connectivity index (χ2n) is 4.53. The number of hydrogen-bond acceptors (Lipinski definition) is 6. The predicted octanol–water partition coefficient (Wildman–Crippen LogP) is 4.43. The summed E-state index contributed by atoms with van der Waals surface area (Å²) in [5.41, 5.74) is -0.881. The topological polar surface area (TPSA) is 101 Å². The Morgan fingerprint density at radius 1 is 0.800 bits per heavy atom.